The van der Waals surface area contributed by atoms with Crippen molar-refractivity contribution < 1.29 is 9.13 Å². The van der Waals surface area contributed by atoms with Gasteiger partial charge >= 0.3 is 0 Å². The summed E-state index contributed by atoms with van der Waals surface area (Å²) in [5.74, 6) is 0.408. The minimum atomic E-state index is -0.337. The molecule has 0 spiro atoms. The van der Waals surface area contributed by atoms with Crippen molar-refractivity contribution in [2.45, 2.75) is 59.0 Å². The van der Waals surface area contributed by atoms with E-state index in [1.54, 1.807) is 12.1 Å². The van der Waals surface area contributed by atoms with E-state index in [1.165, 1.54) is 5.56 Å². The van der Waals surface area contributed by atoms with Crippen molar-refractivity contribution in [2.24, 2.45) is 0 Å². The summed E-state index contributed by atoms with van der Waals surface area (Å²) >= 11 is 6.21. The molecule has 0 heterocycles. The number of benzene rings is 2. The van der Waals surface area contributed by atoms with Crippen LogP contribution in [0.1, 0.15) is 58.4 Å². The Morgan fingerprint density at radius 1 is 1.08 bits per heavy atom. The molecule has 1 atom stereocenters. The van der Waals surface area contributed by atoms with Crippen LogP contribution in [0.4, 0.5) is 4.39 Å². The van der Waals surface area contributed by atoms with Crippen LogP contribution in [-0.2, 0) is 0 Å². The van der Waals surface area contributed by atoms with E-state index in [0.717, 1.165) is 30.4 Å². The van der Waals surface area contributed by atoms with E-state index < -0.39 is 0 Å². The predicted molar refractivity (Wildman–Crippen MR) is 101 cm³/mol. The Morgan fingerprint density at radius 3 is 2.42 bits per heavy atom. The third kappa shape index (κ3) is 4.51. The van der Waals surface area contributed by atoms with Crippen molar-refractivity contribution in [3.63, 3.8) is 0 Å². The van der Waals surface area contributed by atoms with Gasteiger partial charge in [-0.15, -0.1) is 0 Å². The zero-order valence-corrected chi connectivity index (χ0v) is 15.7. The van der Waals surface area contributed by atoms with Crippen molar-refractivity contribution in [3.8, 4) is 16.9 Å². The maximum Gasteiger partial charge on any atom is 0.165 e. The van der Waals surface area contributed by atoms with Crippen LogP contribution in [0, 0.1) is 5.82 Å². The minimum Gasteiger partial charge on any atom is -0.488 e. The number of halogens is 2. The Balaban J connectivity index is 2.47. The van der Waals surface area contributed by atoms with E-state index in [2.05, 4.69) is 19.9 Å². The Labute approximate surface area is 149 Å². The van der Waals surface area contributed by atoms with Crippen LogP contribution < -0.4 is 4.74 Å². The topological polar surface area (TPSA) is 9.23 Å². The van der Waals surface area contributed by atoms with Gasteiger partial charge in [0.1, 0.15) is 0 Å². The molecule has 0 aliphatic heterocycles. The first-order chi connectivity index (χ1) is 11.5. The van der Waals surface area contributed by atoms with Gasteiger partial charge in [-0.3, -0.25) is 0 Å². The molecule has 0 aromatic heterocycles. The van der Waals surface area contributed by atoms with E-state index in [4.69, 9.17) is 16.3 Å². The summed E-state index contributed by atoms with van der Waals surface area (Å²) < 4.78 is 19.9. The molecule has 0 saturated carbocycles. The summed E-state index contributed by atoms with van der Waals surface area (Å²) in [5.41, 5.74) is 3.09. The molecule has 0 saturated heterocycles. The largest absolute Gasteiger partial charge is 0.488 e. The third-order valence-electron chi connectivity index (χ3n) is 4.19. The Bertz CT molecular complexity index is 682. The van der Waals surface area contributed by atoms with Crippen molar-refractivity contribution in [2.75, 3.05) is 0 Å². The van der Waals surface area contributed by atoms with Crippen molar-refractivity contribution in [3.05, 3.63) is 52.8 Å². The SMILES string of the molecule is CCCC(CC)c1ccc(Cl)cc1-c1ccc(OC(C)C)c(F)c1. The lowest BCUT2D eigenvalue weighted by Gasteiger charge is -2.20. The van der Waals surface area contributed by atoms with E-state index in [9.17, 15) is 4.39 Å². The summed E-state index contributed by atoms with van der Waals surface area (Å²) in [7, 11) is 0. The first-order valence-electron chi connectivity index (χ1n) is 8.72. The molecule has 3 heteroatoms. The maximum atomic E-state index is 14.4. The number of ether oxygens (including phenoxy) is 1. The molecule has 1 nitrogen and oxygen atoms in total. The quantitative estimate of drug-likeness (QED) is 0.513. The van der Waals surface area contributed by atoms with Gasteiger partial charge < -0.3 is 4.74 Å². The molecular weight excluding hydrogens is 323 g/mol. The minimum absolute atomic E-state index is 0.0545. The fourth-order valence-electron chi connectivity index (χ4n) is 3.08. The highest BCUT2D eigenvalue weighted by molar-refractivity contribution is 6.30. The lowest BCUT2D eigenvalue weighted by Crippen LogP contribution is -2.07. The van der Waals surface area contributed by atoms with Crippen molar-refractivity contribution in [1.82, 2.24) is 0 Å². The van der Waals surface area contributed by atoms with Crippen LogP contribution in [0.2, 0.25) is 5.02 Å². The molecule has 0 aliphatic rings. The average molecular weight is 349 g/mol. The molecular formula is C21H26ClFO. The molecule has 2 aromatic carbocycles. The molecule has 1 unspecified atom stereocenters. The number of hydrogen-bond donors (Lipinski definition) is 0. The zero-order valence-electron chi connectivity index (χ0n) is 14.9. The summed E-state index contributed by atoms with van der Waals surface area (Å²) in [6.45, 7) is 8.16. The second-order valence-electron chi connectivity index (χ2n) is 6.44. The molecule has 130 valence electrons. The fraction of sp³-hybridized carbons (Fsp3) is 0.429. The number of rotatable bonds is 7. The first kappa shape index (κ1) is 18.8. The van der Waals surface area contributed by atoms with Crippen molar-refractivity contribution in [1.29, 1.82) is 0 Å². The fourth-order valence-corrected chi connectivity index (χ4v) is 3.25. The molecule has 0 amide bonds. The second-order valence-corrected chi connectivity index (χ2v) is 6.87. The van der Waals surface area contributed by atoms with Crippen LogP contribution in [0.3, 0.4) is 0 Å². The Morgan fingerprint density at radius 2 is 1.83 bits per heavy atom. The third-order valence-corrected chi connectivity index (χ3v) is 4.43. The Kier molecular flexibility index (Phi) is 6.68. The van der Waals surface area contributed by atoms with Gasteiger partial charge in [0, 0.05) is 5.02 Å². The van der Waals surface area contributed by atoms with Gasteiger partial charge in [-0.1, -0.05) is 44.0 Å². The first-order valence-corrected chi connectivity index (χ1v) is 9.10. The van der Waals surface area contributed by atoms with E-state index in [1.807, 2.05) is 32.0 Å². The van der Waals surface area contributed by atoms with E-state index >= 15 is 0 Å². The van der Waals surface area contributed by atoms with Crippen LogP contribution >= 0.6 is 11.6 Å². The molecule has 0 fully saturated rings. The summed E-state index contributed by atoms with van der Waals surface area (Å²) in [4.78, 5) is 0. The maximum absolute atomic E-state index is 14.4. The van der Waals surface area contributed by atoms with Gasteiger partial charge in [-0.2, -0.15) is 0 Å². The highest BCUT2D eigenvalue weighted by Crippen LogP contribution is 2.37. The zero-order chi connectivity index (χ0) is 17.7. The number of hydrogen-bond acceptors (Lipinski definition) is 1. The predicted octanol–water partition coefficient (Wildman–Crippen LogP) is 7.23. The normalized spacial score (nSPS) is 12.5. The van der Waals surface area contributed by atoms with Gasteiger partial charge in [-0.05, 0) is 73.6 Å². The lowest BCUT2D eigenvalue weighted by atomic mass is 9.86. The molecule has 2 rings (SSSR count). The molecule has 2 aromatic rings. The molecule has 0 aliphatic carbocycles. The monoisotopic (exact) mass is 348 g/mol. The van der Waals surface area contributed by atoms with Gasteiger partial charge in [0.2, 0.25) is 0 Å². The van der Waals surface area contributed by atoms with Crippen LogP contribution in [0.25, 0.3) is 11.1 Å². The Hall–Kier alpha value is -1.54. The summed E-state index contributed by atoms with van der Waals surface area (Å²) in [5, 5.41) is 0.669. The van der Waals surface area contributed by atoms with Crippen LogP contribution in [-0.4, -0.2) is 6.10 Å². The highest BCUT2D eigenvalue weighted by Gasteiger charge is 2.16. The van der Waals surface area contributed by atoms with Gasteiger partial charge in [0.25, 0.3) is 0 Å². The van der Waals surface area contributed by atoms with Gasteiger partial charge in [0.05, 0.1) is 6.10 Å². The molecule has 0 radical (unpaired) electrons. The van der Waals surface area contributed by atoms with Crippen molar-refractivity contribution >= 4 is 11.6 Å². The van der Waals surface area contributed by atoms with E-state index in [-0.39, 0.29) is 17.7 Å². The van der Waals surface area contributed by atoms with Crippen LogP contribution in [0.15, 0.2) is 36.4 Å². The summed E-state index contributed by atoms with van der Waals surface area (Å²) in [6, 6.07) is 11.1. The smallest absolute Gasteiger partial charge is 0.165 e. The standard InChI is InChI=1S/C21H26ClFO/c1-5-7-15(6-2)18-10-9-17(22)13-19(18)16-8-11-21(20(23)12-16)24-14(3)4/h8-15H,5-7H2,1-4H3. The molecule has 24 heavy (non-hydrogen) atoms. The van der Waals surface area contributed by atoms with Crippen LogP contribution in [0.5, 0.6) is 5.75 Å². The highest BCUT2D eigenvalue weighted by atomic mass is 35.5. The van der Waals surface area contributed by atoms with E-state index in [0.29, 0.717) is 10.9 Å². The van der Waals surface area contributed by atoms with Gasteiger partial charge in [0.15, 0.2) is 11.6 Å². The lowest BCUT2D eigenvalue weighted by molar-refractivity contribution is 0.231. The summed E-state index contributed by atoms with van der Waals surface area (Å²) in [6.07, 6.45) is 3.23. The second kappa shape index (κ2) is 8.53. The molecule has 0 bridgehead atoms. The molecule has 0 N–H and O–H groups in total. The van der Waals surface area contributed by atoms with Gasteiger partial charge in [-0.25, -0.2) is 4.39 Å². The average Bonchev–Trinajstić information content (AvgIpc) is 2.54.